The SMILES string of the molecule is O=C(Nc1ccc(Oc2ccnc(NC3CCOCC3)c2)c(F)c1)c1c2c(cn(-c3ccc(F)cc3)c1=O)CCO2. The Kier molecular flexibility index (Phi) is 7.34. The van der Waals surface area contributed by atoms with Gasteiger partial charge in [0.2, 0.25) is 0 Å². The van der Waals surface area contributed by atoms with Gasteiger partial charge in [-0.25, -0.2) is 13.8 Å². The smallest absolute Gasteiger partial charge is 0.271 e. The number of halogens is 2. The molecule has 2 aliphatic heterocycles. The van der Waals surface area contributed by atoms with Crippen LogP contribution in [0, 0.1) is 11.6 Å². The van der Waals surface area contributed by atoms with Crippen LogP contribution >= 0.6 is 0 Å². The molecule has 1 saturated heterocycles. The molecule has 0 atom stereocenters. The number of carbonyl (C=O) groups is 1. The van der Waals surface area contributed by atoms with Crippen molar-refractivity contribution in [3.05, 3.63) is 100 Å². The quantitative estimate of drug-likeness (QED) is 0.325. The summed E-state index contributed by atoms with van der Waals surface area (Å²) in [6.07, 6.45) is 5.39. The minimum absolute atomic E-state index is 0.0474. The van der Waals surface area contributed by atoms with Gasteiger partial charge < -0.3 is 24.8 Å². The molecule has 0 bridgehead atoms. The number of nitrogens with one attached hydrogen (secondary N) is 2. The number of rotatable bonds is 7. The molecular weight excluding hydrogens is 534 g/mol. The van der Waals surface area contributed by atoms with Gasteiger partial charge in [-0.05, 0) is 55.3 Å². The van der Waals surface area contributed by atoms with Gasteiger partial charge >= 0.3 is 0 Å². The molecule has 1 fully saturated rings. The van der Waals surface area contributed by atoms with Crippen LogP contribution < -0.4 is 25.7 Å². The molecule has 2 aromatic heterocycles. The largest absolute Gasteiger partial charge is 0.492 e. The van der Waals surface area contributed by atoms with Crippen LogP contribution in [0.25, 0.3) is 5.69 Å². The fourth-order valence-electron chi connectivity index (χ4n) is 4.84. The molecule has 2 aliphatic rings. The lowest BCUT2D eigenvalue weighted by Crippen LogP contribution is -2.29. The maximum Gasteiger partial charge on any atom is 0.271 e. The first-order valence-corrected chi connectivity index (χ1v) is 13.2. The molecule has 41 heavy (non-hydrogen) atoms. The molecule has 0 unspecified atom stereocenters. The van der Waals surface area contributed by atoms with Crippen LogP contribution in [-0.4, -0.2) is 41.3 Å². The van der Waals surface area contributed by atoms with Gasteiger partial charge in [-0.15, -0.1) is 0 Å². The normalized spacial score (nSPS) is 14.7. The molecule has 6 rings (SSSR count). The average molecular weight is 561 g/mol. The first-order valence-electron chi connectivity index (χ1n) is 13.2. The summed E-state index contributed by atoms with van der Waals surface area (Å²) in [5.41, 5.74) is 0.330. The van der Waals surface area contributed by atoms with Crippen molar-refractivity contribution < 1.29 is 27.8 Å². The van der Waals surface area contributed by atoms with E-state index in [1.165, 1.54) is 41.0 Å². The Morgan fingerprint density at radius 1 is 1.02 bits per heavy atom. The van der Waals surface area contributed by atoms with Gasteiger partial charge in [-0.2, -0.15) is 0 Å². The Bertz CT molecular complexity index is 1650. The molecule has 210 valence electrons. The molecule has 0 radical (unpaired) electrons. The molecule has 11 heteroatoms. The monoisotopic (exact) mass is 560 g/mol. The lowest BCUT2D eigenvalue weighted by Gasteiger charge is -2.23. The molecule has 4 aromatic rings. The number of nitrogens with zero attached hydrogens (tertiary/aromatic N) is 2. The number of carbonyl (C=O) groups excluding carboxylic acids is 1. The number of hydrogen-bond acceptors (Lipinski definition) is 7. The van der Waals surface area contributed by atoms with E-state index in [1.807, 2.05) is 0 Å². The van der Waals surface area contributed by atoms with Gasteiger partial charge in [0.1, 0.15) is 28.7 Å². The molecule has 0 spiro atoms. The fourth-order valence-corrected chi connectivity index (χ4v) is 4.84. The summed E-state index contributed by atoms with van der Waals surface area (Å²) in [7, 11) is 0. The van der Waals surface area contributed by atoms with Crippen molar-refractivity contribution in [2.75, 3.05) is 30.5 Å². The summed E-state index contributed by atoms with van der Waals surface area (Å²) in [4.78, 5) is 30.9. The van der Waals surface area contributed by atoms with Crippen LogP contribution in [0.15, 0.2) is 71.8 Å². The van der Waals surface area contributed by atoms with E-state index in [0.29, 0.717) is 49.1 Å². The van der Waals surface area contributed by atoms with Crippen molar-refractivity contribution in [3.63, 3.8) is 0 Å². The standard InChI is InChI=1S/C30H26F2N4O5/c31-19-1-4-22(5-2-19)36-17-18-8-14-40-28(18)27(30(36)38)29(37)35-21-3-6-25(24(32)15-21)41-23-7-11-33-26(16-23)34-20-9-12-39-13-10-20/h1-7,11,15-17,20H,8-10,12-14H2,(H,33,34)(H,35,37). The van der Waals surface area contributed by atoms with Gasteiger partial charge in [0.05, 0.1) is 6.61 Å². The first-order chi connectivity index (χ1) is 19.9. The highest BCUT2D eigenvalue weighted by atomic mass is 19.1. The molecule has 2 N–H and O–H groups in total. The third-order valence-corrected chi connectivity index (χ3v) is 6.91. The van der Waals surface area contributed by atoms with Gasteiger partial charge in [0, 0.05) is 67.1 Å². The Morgan fingerprint density at radius 2 is 1.83 bits per heavy atom. The second kappa shape index (κ2) is 11.4. The zero-order valence-electron chi connectivity index (χ0n) is 21.9. The number of pyridine rings is 2. The molecule has 2 aromatic carbocycles. The van der Waals surface area contributed by atoms with E-state index in [9.17, 15) is 14.0 Å². The predicted molar refractivity (Wildman–Crippen MR) is 147 cm³/mol. The Balaban J connectivity index is 1.20. The molecule has 0 aliphatic carbocycles. The summed E-state index contributed by atoms with van der Waals surface area (Å²) in [6, 6.07) is 12.9. The van der Waals surface area contributed by atoms with Crippen LogP contribution in [0.1, 0.15) is 28.8 Å². The lowest BCUT2D eigenvalue weighted by molar-refractivity contribution is 0.0904. The number of amides is 1. The third-order valence-electron chi connectivity index (χ3n) is 6.91. The minimum atomic E-state index is -0.754. The van der Waals surface area contributed by atoms with Crippen LogP contribution in [0.2, 0.25) is 0 Å². The summed E-state index contributed by atoms with van der Waals surface area (Å²) in [6.45, 7) is 1.68. The molecule has 9 nitrogen and oxygen atoms in total. The zero-order valence-corrected chi connectivity index (χ0v) is 21.9. The van der Waals surface area contributed by atoms with Crippen LogP contribution in [0.3, 0.4) is 0 Å². The van der Waals surface area contributed by atoms with Crippen molar-refractivity contribution >= 4 is 17.4 Å². The minimum Gasteiger partial charge on any atom is -0.492 e. The summed E-state index contributed by atoms with van der Waals surface area (Å²) in [5.74, 6) is -0.767. The van der Waals surface area contributed by atoms with Gasteiger partial charge in [0.15, 0.2) is 11.6 Å². The molecule has 4 heterocycles. The number of fused-ring (bicyclic) bond motifs is 1. The van der Waals surface area contributed by atoms with Gasteiger partial charge in [-0.3, -0.25) is 14.2 Å². The van der Waals surface area contributed by atoms with E-state index < -0.39 is 23.1 Å². The number of benzene rings is 2. The maximum absolute atomic E-state index is 15.0. The predicted octanol–water partition coefficient (Wildman–Crippen LogP) is 5.08. The van der Waals surface area contributed by atoms with Crippen LogP contribution in [0.5, 0.6) is 17.2 Å². The Hall–Kier alpha value is -4.77. The zero-order chi connectivity index (χ0) is 28.3. The van der Waals surface area contributed by atoms with Crippen molar-refractivity contribution in [2.45, 2.75) is 25.3 Å². The highest BCUT2D eigenvalue weighted by Crippen LogP contribution is 2.31. The summed E-state index contributed by atoms with van der Waals surface area (Å²) >= 11 is 0. The maximum atomic E-state index is 15.0. The number of aromatic nitrogens is 2. The van der Waals surface area contributed by atoms with Crippen molar-refractivity contribution in [3.8, 4) is 22.9 Å². The van der Waals surface area contributed by atoms with E-state index in [1.54, 1.807) is 24.5 Å². The van der Waals surface area contributed by atoms with E-state index >= 15 is 4.39 Å². The van der Waals surface area contributed by atoms with Crippen LogP contribution in [-0.2, 0) is 11.2 Å². The van der Waals surface area contributed by atoms with Gasteiger partial charge in [-0.1, -0.05) is 0 Å². The number of ether oxygens (including phenoxy) is 3. The highest BCUT2D eigenvalue weighted by Gasteiger charge is 2.27. The van der Waals surface area contributed by atoms with E-state index in [-0.39, 0.29) is 28.8 Å². The first kappa shape index (κ1) is 26.5. The third kappa shape index (κ3) is 5.75. The summed E-state index contributed by atoms with van der Waals surface area (Å²) in [5, 5.41) is 5.93. The van der Waals surface area contributed by atoms with Crippen molar-refractivity contribution in [2.24, 2.45) is 0 Å². The van der Waals surface area contributed by atoms with Gasteiger partial charge in [0.25, 0.3) is 11.5 Å². The highest BCUT2D eigenvalue weighted by molar-refractivity contribution is 6.06. The molecular formula is C30H26F2N4O5. The Morgan fingerprint density at radius 3 is 2.61 bits per heavy atom. The number of hydrogen-bond donors (Lipinski definition) is 2. The molecule has 0 saturated carbocycles. The summed E-state index contributed by atoms with van der Waals surface area (Å²) < 4.78 is 46.5. The Labute approximate surface area is 233 Å². The van der Waals surface area contributed by atoms with Crippen molar-refractivity contribution in [1.82, 2.24) is 9.55 Å². The second-order valence-corrected chi connectivity index (χ2v) is 9.72. The van der Waals surface area contributed by atoms with Crippen LogP contribution in [0.4, 0.5) is 20.3 Å². The van der Waals surface area contributed by atoms with E-state index in [0.717, 1.165) is 18.9 Å². The fraction of sp³-hybridized carbons (Fsp3) is 0.233. The topological polar surface area (TPSA) is 104 Å². The van der Waals surface area contributed by atoms with Crippen molar-refractivity contribution in [1.29, 1.82) is 0 Å². The second-order valence-electron chi connectivity index (χ2n) is 9.72. The lowest BCUT2D eigenvalue weighted by atomic mass is 10.1. The number of anilines is 2. The van der Waals surface area contributed by atoms with E-state index in [2.05, 4.69) is 15.6 Å². The average Bonchev–Trinajstić information content (AvgIpc) is 3.43. The molecule has 1 amide bonds. The van der Waals surface area contributed by atoms with E-state index in [4.69, 9.17) is 14.2 Å².